The van der Waals surface area contributed by atoms with Gasteiger partial charge in [0, 0.05) is 5.56 Å². The molecule has 5 rings (SSSR count). The van der Waals surface area contributed by atoms with E-state index in [0.717, 1.165) is 16.7 Å². The average molecular weight is 311 g/mol. The maximum absolute atomic E-state index is 13.3. The molecule has 0 aromatic heterocycles. The zero-order valence-corrected chi connectivity index (χ0v) is 13.4. The summed E-state index contributed by atoms with van der Waals surface area (Å²) in [6.45, 7) is 2.13. The van der Waals surface area contributed by atoms with E-state index in [4.69, 9.17) is 0 Å². The number of fused-ring (bicyclic) bond motifs is 5. The molecular weight excluding hydrogens is 294 g/mol. The summed E-state index contributed by atoms with van der Waals surface area (Å²) in [6.07, 6.45) is 0. The van der Waals surface area contributed by atoms with E-state index < -0.39 is 5.54 Å². The van der Waals surface area contributed by atoms with Gasteiger partial charge < -0.3 is 4.90 Å². The van der Waals surface area contributed by atoms with E-state index in [0.29, 0.717) is 0 Å². The molecule has 0 fully saturated rings. The van der Waals surface area contributed by atoms with Crippen molar-refractivity contribution in [3.05, 3.63) is 107 Å². The largest absolute Gasteiger partial charge is 0.314 e. The van der Waals surface area contributed by atoms with E-state index in [1.165, 1.54) is 11.1 Å². The summed E-state index contributed by atoms with van der Waals surface area (Å²) < 4.78 is 0. The second-order valence-electron chi connectivity index (χ2n) is 6.56. The Hall–Kier alpha value is -2.87. The number of amides is 1. The molecule has 0 saturated carbocycles. The Bertz CT molecular complexity index is 962. The van der Waals surface area contributed by atoms with Crippen LogP contribution in [0.25, 0.3) is 0 Å². The number of rotatable bonds is 1. The van der Waals surface area contributed by atoms with Crippen LogP contribution in [0, 0.1) is 0 Å². The fraction of sp³-hybridized carbons (Fsp3) is 0.136. The van der Waals surface area contributed by atoms with Crippen LogP contribution < -0.4 is 0 Å². The highest BCUT2D eigenvalue weighted by atomic mass is 16.2. The highest BCUT2D eigenvalue weighted by Gasteiger charge is 2.58. The van der Waals surface area contributed by atoms with Gasteiger partial charge >= 0.3 is 0 Å². The van der Waals surface area contributed by atoms with E-state index in [-0.39, 0.29) is 11.9 Å². The molecule has 1 amide bonds. The first-order valence-electron chi connectivity index (χ1n) is 8.34. The number of nitrogens with zero attached hydrogens (tertiary/aromatic N) is 1. The summed E-state index contributed by atoms with van der Waals surface area (Å²) >= 11 is 0. The van der Waals surface area contributed by atoms with Gasteiger partial charge in [-0.2, -0.15) is 0 Å². The lowest BCUT2D eigenvalue weighted by atomic mass is 9.78. The molecule has 116 valence electrons. The van der Waals surface area contributed by atoms with Crippen molar-refractivity contribution in [1.82, 2.24) is 4.90 Å². The Morgan fingerprint density at radius 3 is 2.21 bits per heavy atom. The molecule has 0 spiro atoms. The van der Waals surface area contributed by atoms with Crippen molar-refractivity contribution in [2.24, 2.45) is 0 Å². The first kappa shape index (κ1) is 13.6. The third-order valence-electron chi connectivity index (χ3n) is 5.51. The smallest absolute Gasteiger partial charge is 0.256 e. The van der Waals surface area contributed by atoms with E-state index in [9.17, 15) is 4.79 Å². The molecule has 2 atom stereocenters. The molecule has 0 radical (unpaired) electrons. The maximum Gasteiger partial charge on any atom is 0.256 e. The van der Waals surface area contributed by atoms with Crippen LogP contribution in [0.15, 0.2) is 78.9 Å². The molecule has 24 heavy (non-hydrogen) atoms. The Labute approximate surface area is 141 Å². The molecule has 3 aromatic carbocycles. The van der Waals surface area contributed by atoms with Crippen LogP contribution in [0.1, 0.15) is 45.6 Å². The maximum atomic E-state index is 13.3. The molecule has 0 aliphatic carbocycles. The van der Waals surface area contributed by atoms with Gasteiger partial charge in [-0.3, -0.25) is 4.79 Å². The highest BCUT2D eigenvalue weighted by molar-refractivity contribution is 6.03. The standard InChI is InChI=1S/C22H17NO/c1-15-17-11-5-7-13-19(17)22(16-9-3-2-4-10-16)20-14-8-6-12-18(20)21(24)23(15)22/h2-15H,1H3/t15-,22+/m1/s1. The van der Waals surface area contributed by atoms with Gasteiger partial charge in [0.1, 0.15) is 5.54 Å². The Balaban J connectivity index is 1.96. The van der Waals surface area contributed by atoms with Gasteiger partial charge in [-0.05, 0) is 35.2 Å². The van der Waals surface area contributed by atoms with E-state index in [2.05, 4.69) is 66.4 Å². The fourth-order valence-corrected chi connectivity index (χ4v) is 4.60. The van der Waals surface area contributed by atoms with Gasteiger partial charge in [-0.15, -0.1) is 0 Å². The molecule has 0 N–H and O–H groups in total. The first-order valence-corrected chi connectivity index (χ1v) is 8.34. The number of benzene rings is 3. The molecule has 2 aliphatic heterocycles. The number of hydrogen-bond acceptors (Lipinski definition) is 1. The molecule has 3 aromatic rings. The number of hydrogen-bond donors (Lipinski definition) is 0. The minimum absolute atomic E-state index is 0.0568. The van der Waals surface area contributed by atoms with Crippen molar-refractivity contribution in [3.8, 4) is 0 Å². The lowest BCUT2D eigenvalue weighted by Gasteiger charge is -2.36. The minimum Gasteiger partial charge on any atom is -0.314 e. The summed E-state index contributed by atoms with van der Waals surface area (Å²) in [5.41, 5.74) is 5.03. The lowest BCUT2D eigenvalue weighted by molar-refractivity contribution is 0.0633. The Morgan fingerprint density at radius 1 is 0.792 bits per heavy atom. The Morgan fingerprint density at radius 2 is 1.42 bits per heavy atom. The summed E-state index contributed by atoms with van der Waals surface area (Å²) in [6, 6.07) is 27.0. The fourth-order valence-electron chi connectivity index (χ4n) is 4.60. The second-order valence-corrected chi connectivity index (χ2v) is 6.56. The van der Waals surface area contributed by atoms with Crippen molar-refractivity contribution in [1.29, 1.82) is 0 Å². The average Bonchev–Trinajstić information content (AvgIpc) is 3.07. The molecule has 0 unspecified atom stereocenters. The van der Waals surface area contributed by atoms with Gasteiger partial charge in [0.05, 0.1) is 6.04 Å². The monoisotopic (exact) mass is 311 g/mol. The zero-order chi connectivity index (χ0) is 16.3. The van der Waals surface area contributed by atoms with Crippen LogP contribution in [0.4, 0.5) is 0 Å². The predicted molar refractivity (Wildman–Crippen MR) is 93.8 cm³/mol. The van der Waals surface area contributed by atoms with Crippen LogP contribution in [-0.2, 0) is 5.54 Å². The minimum atomic E-state index is -0.509. The third-order valence-corrected chi connectivity index (χ3v) is 5.51. The molecule has 2 nitrogen and oxygen atoms in total. The molecule has 0 saturated heterocycles. The van der Waals surface area contributed by atoms with Gasteiger partial charge in [-0.1, -0.05) is 72.8 Å². The van der Waals surface area contributed by atoms with Gasteiger partial charge in [0.15, 0.2) is 0 Å². The van der Waals surface area contributed by atoms with Crippen molar-refractivity contribution in [3.63, 3.8) is 0 Å². The molecular formula is C22H17NO. The first-order chi connectivity index (χ1) is 11.8. The van der Waals surface area contributed by atoms with Crippen molar-refractivity contribution < 1.29 is 4.79 Å². The third kappa shape index (κ3) is 1.40. The van der Waals surface area contributed by atoms with Crippen LogP contribution in [0.2, 0.25) is 0 Å². The van der Waals surface area contributed by atoms with Gasteiger partial charge in [-0.25, -0.2) is 0 Å². The van der Waals surface area contributed by atoms with Crippen LogP contribution in [-0.4, -0.2) is 10.8 Å². The molecule has 0 bridgehead atoms. The highest BCUT2D eigenvalue weighted by Crippen LogP contribution is 2.58. The number of carbonyl (C=O) groups is 1. The summed E-state index contributed by atoms with van der Waals surface area (Å²) in [5.74, 6) is 0.123. The van der Waals surface area contributed by atoms with Crippen molar-refractivity contribution >= 4 is 5.91 Å². The second kappa shape index (κ2) is 4.57. The van der Waals surface area contributed by atoms with Crippen LogP contribution in [0.3, 0.4) is 0 Å². The molecule has 2 heterocycles. The van der Waals surface area contributed by atoms with E-state index >= 15 is 0 Å². The van der Waals surface area contributed by atoms with E-state index in [1.54, 1.807) is 0 Å². The van der Waals surface area contributed by atoms with Gasteiger partial charge in [0.25, 0.3) is 5.91 Å². The predicted octanol–water partition coefficient (Wildman–Crippen LogP) is 4.51. The van der Waals surface area contributed by atoms with Crippen LogP contribution in [0.5, 0.6) is 0 Å². The normalized spacial score (nSPS) is 23.8. The SMILES string of the molecule is C[C@@H]1c2ccccc2[C@@]2(c3ccccc3)c3ccccc3C(=O)N12. The molecule has 2 heteroatoms. The zero-order valence-electron chi connectivity index (χ0n) is 13.4. The Kier molecular flexibility index (Phi) is 2.58. The van der Waals surface area contributed by atoms with Gasteiger partial charge in [0.2, 0.25) is 0 Å². The summed E-state index contributed by atoms with van der Waals surface area (Å²) in [7, 11) is 0. The number of carbonyl (C=O) groups excluding carboxylic acids is 1. The quantitative estimate of drug-likeness (QED) is 0.647. The summed E-state index contributed by atoms with van der Waals surface area (Å²) in [5, 5.41) is 0. The van der Waals surface area contributed by atoms with E-state index in [1.807, 2.05) is 24.3 Å². The van der Waals surface area contributed by atoms with Crippen LogP contribution >= 0.6 is 0 Å². The lowest BCUT2D eigenvalue weighted by Crippen LogP contribution is -2.41. The topological polar surface area (TPSA) is 20.3 Å². The van der Waals surface area contributed by atoms with Crippen molar-refractivity contribution in [2.75, 3.05) is 0 Å². The van der Waals surface area contributed by atoms with Crippen molar-refractivity contribution in [2.45, 2.75) is 18.5 Å². The summed E-state index contributed by atoms with van der Waals surface area (Å²) in [4.78, 5) is 15.3. The molecule has 2 aliphatic rings.